The number of sulfone groups is 1. The number of hydrogen-bond acceptors (Lipinski definition) is 6. The second kappa shape index (κ2) is 6.36. The van der Waals surface area contributed by atoms with Crippen molar-refractivity contribution in [2.45, 2.75) is 24.0 Å². The van der Waals surface area contributed by atoms with Crippen LogP contribution in [0.1, 0.15) is 13.3 Å². The van der Waals surface area contributed by atoms with Gasteiger partial charge in [0, 0.05) is 6.20 Å². The molecule has 2 aromatic heterocycles. The molecule has 3 heterocycles. The molecule has 11 heteroatoms. The van der Waals surface area contributed by atoms with Gasteiger partial charge in [-0.3, -0.25) is 9.20 Å². The zero-order chi connectivity index (χ0) is 17.5. The highest BCUT2D eigenvalue weighted by molar-refractivity contribution is 7.99. The van der Waals surface area contributed by atoms with E-state index in [1.807, 2.05) is 0 Å². The molecule has 1 amide bonds. The summed E-state index contributed by atoms with van der Waals surface area (Å²) in [6, 6.07) is 1.57. The number of carbonyl (C=O) groups excluding carboxylic acids is 1. The number of carbonyl (C=O) groups is 1. The second-order valence-electron chi connectivity index (χ2n) is 5.92. The van der Waals surface area contributed by atoms with Crippen molar-refractivity contribution < 1.29 is 13.2 Å². The van der Waals surface area contributed by atoms with Crippen molar-refractivity contribution in [3.8, 4) is 0 Å². The summed E-state index contributed by atoms with van der Waals surface area (Å²) in [4.78, 5) is 12.1. The molecule has 1 atom stereocenters. The average Bonchev–Trinajstić information content (AvgIpc) is 2.97. The predicted octanol–water partition coefficient (Wildman–Crippen LogP) is 1.82. The minimum absolute atomic E-state index is 0.0323. The molecule has 1 saturated heterocycles. The summed E-state index contributed by atoms with van der Waals surface area (Å²) in [5, 5.41) is 12.0. The molecule has 0 radical (unpaired) electrons. The van der Waals surface area contributed by atoms with Crippen LogP contribution in [0, 0.1) is 0 Å². The summed E-state index contributed by atoms with van der Waals surface area (Å²) in [7, 11) is -3.07. The van der Waals surface area contributed by atoms with Crippen molar-refractivity contribution in [1.29, 1.82) is 0 Å². The third kappa shape index (κ3) is 3.79. The van der Waals surface area contributed by atoms with Crippen LogP contribution in [0.3, 0.4) is 0 Å². The first-order valence-corrected chi connectivity index (χ1v) is 10.6. The summed E-state index contributed by atoms with van der Waals surface area (Å²) in [6.07, 6.45) is 2.04. The molecule has 0 bridgehead atoms. The highest BCUT2D eigenvalue weighted by atomic mass is 35.5. The number of nitrogens with one attached hydrogen (secondary N) is 1. The Morgan fingerprint density at radius 3 is 2.88 bits per heavy atom. The smallest absolute Gasteiger partial charge is 0.230 e. The second-order valence-corrected chi connectivity index (χ2v) is 9.89. The molecule has 0 unspecified atom stereocenters. The number of rotatable bonds is 4. The molecule has 24 heavy (non-hydrogen) atoms. The Labute approximate surface area is 153 Å². The summed E-state index contributed by atoms with van der Waals surface area (Å²) < 4.78 is 24.8. The van der Waals surface area contributed by atoms with Crippen LogP contribution in [0.2, 0.25) is 10.0 Å². The SMILES string of the molecule is C[C@]1(NC(=O)CSc2nnc3c(Cl)cc(Cl)cn23)CCS(=O)(=O)C1. The van der Waals surface area contributed by atoms with Crippen LogP contribution >= 0.6 is 35.0 Å². The Hall–Kier alpha value is -1.03. The number of hydrogen-bond donors (Lipinski definition) is 1. The molecule has 0 spiro atoms. The molecule has 1 aliphatic heterocycles. The highest BCUT2D eigenvalue weighted by Gasteiger charge is 2.39. The minimum Gasteiger partial charge on any atom is -0.349 e. The monoisotopic (exact) mass is 408 g/mol. The molecule has 1 fully saturated rings. The van der Waals surface area contributed by atoms with Gasteiger partial charge in [0.25, 0.3) is 0 Å². The fraction of sp³-hybridized carbons (Fsp3) is 0.462. The number of thioether (sulfide) groups is 1. The Balaban J connectivity index is 1.67. The molecule has 130 valence electrons. The maximum Gasteiger partial charge on any atom is 0.230 e. The topological polar surface area (TPSA) is 93.4 Å². The maximum absolute atomic E-state index is 12.1. The standard InChI is InChI=1S/C13H14Cl2N4O3S2/c1-13(2-3-24(21,22)7-13)16-10(20)6-23-12-18-17-11-9(15)4-8(14)5-19(11)12/h4-5H,2-3,6-7H2,1H3,(H,16,20)/t13-/m0/s1. The fourth-order valence-corrected chi connectivity index (χ4v) is 5.92. The van der Waals surface area contributed by atoms with Crippen LogP contribution < -0.4 is 5.32 Å². The van der Waals surface area contributed by atoms with Gasteiger partial charge in [-0.15, -0.1) is 10.2 Å². The zero-order valence-electron chi connectivity index (χ0n) is 12.6. The van der Waals surface area contributed by atoms with E-state index in [0.29, 0.717) is 27.3 Å². The van der Waals surface area contributed by atoms with E-state index in [9.17, 15) is 13.2 Å². The summed E-state index contributed by atoms with van der Waals surface area (Å²) in [6.45, 7) is 1.74. The Bertz CT molecular complexity index is 915. The van der Waals surface area contributed by atoms with Gasteiger partial charge in [-0.25, -0.2) is 8.42 Å². The lowest BCUT2D eigenvalue weighted by molar-refractivity contribution is -0.120. The van der Waals surface area contributed by atoms with Gasteiger partial charge >= 0.3 is 0 Å². The van der Waals surface area contributed by atoms with Crippen molar-refractivity contribution >= 4 is 56.4 Å². The molecule has 3 rings (SSSR count). The predicted molar refractivity (Wildman–Crippen MR) is 93.5 cm³/mol. The van der Waals surface area contributed by atoms with E-state index in [1.165, 1.54) is 11.8 Å². The van der Waals surface area contributed by atoms with Crippen LogP contribution in [0.15, 0.2) is 17.4 Å². The summed E-state index contributed by atoms with van der Waals surface area (Å²) >= 11 is 13.2. The summed E-state index contributed by atoms with van der Waals surface area (Å²) in [5.74, 6) is -0.108. The van der Waals surface area contributed by atoms with Gasteiger partial charge in [0.15, 0.2) is 20.6 Å². The molecule has 0 saturated carbocycles. The lowest BCUT2D eigenvalue weighted by Gasteiger charge is -2.23. The van der Waals surface area contributed by atoms with E-state index < -0.39 is 15.4 Å². The van der Waals surface area contributed by atoms with Crippen LogP contribution in [0.4, 0.5) is 0 Å². The third-order valence-corrected chi connectivity index (χ3v) is 7.00. The Kier molecular flexibility index (Phi) is 4.71. The van der Waals surface area contributed by atoms with Crippen LogP contribution in [0.5, 0.6) is 0 Å². The molecule has 1 aliphatic rings. The number of pyridine rings is 1. The largest absolute Gasteiger partial charge is 0.349 e. The van der Waals surface area contributed by atoms with Gasteiger partial charge in [-0.05, 0) is 19.4 Å². The molecule has 7 nitrogen and oxygen atoms in total. The van der Waals surface area contributed by atoms with Gasteiger partial charge < -0.3 is 5.32 Å². The lowest BCUT2D eigenvalue weighted by atomic mass is 10.0. The van der Waals surface area contributed by atoms with Crippen LogP contribution in [-0.4, -0.2) is 51.7 Å². The van der Waals surface area contributed by atoms with Crippen molar-refractivity contribution in [3.63, 3.8) is 0 Å². The average molecular weight is 409 g/mol. The maximum atomic E-state index is 12.1. The highest BCUT2D eigenvalue weighted by Crippen LogP contribution is 2.26. The van der Waals surface area contributed by atoms with Crippen molar-refractivity contribution in [2.75, 3.05) is 17.3 Å². The summed E-state index contributed by atoms with van der Waals surface area (Å²) in [5.41, 5.74) is -0.256. The van der Waals surface area contributed by atoms with Gasteiger partial charge in [-0.1, -0.05) is 35.0 Å². The van der Waals surface area contributed by atoms with Crippen LogP contribution in [-0.2, 0) is 14.6 Å². The Morgan fingerprint density at radius 2 is 2.21 bits per heavy atom. The minimum atomic E-state index is -3.07. The normalized spacial score (nSPS) is 22.8. The van der Waals surface area contributed by atoms with Gasteiger partial charge in [0.05, 0.1) is 32.8 Å². The van der Waals surface area contributed by atoms with Gasteiger partial charge in [0.1, 0.15) is 0 Å². The molecular formula is C13H14Cl2N4O3S2. The Morgan fingerprint density at radius 1 is 1.46 bits per heavy atom. The van der Waals surface area contributed by atoms with E-state index in [0.717, 1.165) is 0 Å². The van der Waals surface area contributed by atoms with E-state index in [-0.39, 0.29) is 23.2 Å². The quantitative estimate of drug-likeness (QED) is 0.775. The first-order chi connectivity index (χ1) is 11.2. The first kappa shape index (κ1) is 17.8. The van der Waals surface area contributed by atoms with E-state index in [2.05, 4.69) is 15.5 Å². The number of halogens is 2. The number of nitrogens with zero attached hydrogens (tertiary/aromatic N) is 3. The first-order valence-electron chi connectivity index (χ1n) is 7.01. The third-order valence-electron chi connectivity index (χ3n) is 3.67. The fourth-order valence-electron chi connectivity index (χ4n) is 2.61. The molecule has 0 aromatic carbocycles. The van der Waals surface area contributed by atoms with Crippen LogP contribution in [0.25, 0.3) is 5.65 Å². The number of aromatic nitrogens is 3. The lowest BCUT2D eigenvalue weighted by Crippen LogP contribution is -2.47. The molecule has 1 N–H and O–H groups in total. The van der Waals surface area contributed by atoms with Crippen molar-refractivity contribution in [1.82, 2.24) is 19.9 Å². The van der Waals surface area contributed by atoms with E-state index >= 15 is 0 Å². The molecule has 2 aromatic rings. The van der Waals surface area contributed by atoms with Gasteiger partial charge in [-0.2, -0.15) is 0 Å². The van der Waals surface area contributed by atoms with Crippen molar-refractivity contribution in [3.05, 3.63) is 22.3 Å². The van der Waals surface area contributed by atoms with Crippen molar-refractivity contribution in [2.24, 2.45) is 0 Å². The number of fused-ring (bicyclic) bond motifs is 1. The number of amides is 1. The molecule has 0 aliphatic carbocycles. The molecular weight excluding hydrogens is 395 g/mol. The van der Waals surface area contributed by atoms with E-state index in [4.69, 9.17) is 23.2 Å². The zero-order valence-corrected chi connectivity index (χ0v) is 15.8. The van der Waals surface area contributed by atoms with Gasteiger partial charge in [0.2, 0.25) is 5.91 Å². The van der Waals surface area contributed by atoms with E-state index in [1.54, 1.807) is 23.6 Å².